The second kappa shape index (κ2) is 5.28. The van der Waals surface area contributed by atoms with Gasteiger partial charge in [0.05, 0.1) is 11.4 Å². The zero-order valence-corrected chi connectivity index (χ0v) is 11.6. The topological polar surface area (TPSA) is 68.5 Å². The number of nitrogen functional groups attached to an aromatic ring is 1. The van der Waals surface area contributed by atoms with Crippen molar-refractivity contribution in [3.05, 3.63) is 54.0 Å². The van der Waals surface area contributed by atoms with E-state index in [2.05, 4.69) is 4.98 Å². The highest BCUT2D eigenvalue weighted by molar-refractivity contribution is 6.09. The number of hydrogen-bond donors (Lipinski definition) is 1. The van der Waals surface area contributed by atoms with Crippen molar-refractivity contribution >= 4 is 23.4 Å². The minimum atomic E-state index is -0.193. The van der Waals surface area contributed by atoms with E-state index >= 15 is 0 Å². The fourth-order valence-corrected chi connectivity index (χ4v) is 2.24. The van der Waals surface area contributed by atoms with E-state index in [0.29, 0.717) is 29.4 Å². The van der Waals surface area contributed by atoms with Crippen molar-refractivity contribution in [2.45, 2.75) is 6.92 Å². The number of nitrogens with zero attached hydrogens (tertiary/aromatic N) is 2. The lowest BCUT2D eigenvalue weighted by atomic mass is 10.2. The Balaban J connectivity index is 2.05. The number of pyridine rings is 1. The van der Waals surface area contributed by atoms with Crippen LogP contribution in [0.1, 0.15) is 12.6 Å². The van der Waals surface area contributed by atoms with Crippen LogP contribution in [0, 0.1) is 0 Å². The number of ether oxygens (including phenoxy) is 1. The van der Waals surface area contributed by atoms with Gasteiger partial charge in [0.1, 0.15) is 0 Å². The van der Waals surface area contributed by atoms with E-state index in [-0.39, 0.29) is 11.7 Å². The van der Waals surface area contributed by atoms with E-state index in [0.717, 1.165) is 0 Å². The quantitative estimate of drug-likeness (QED) is 0.678. The van der Waals surface area contributed by atoms with Gasteiger partial charge >= 0.3 is 0 Å². The molecule has 2 aromatic rings. The molecule has 5 heteroatoms. The third-order valence-corrected chi connectivity index (χ3v) is 3.23. The number of aromatic nitrogens is 1. The normalized spacial score (nSPS) is 15.8. The molecule has 2 heterocycles. The van der Waals surface area contributed by atoms with Crippen LogP contribution in [-0.2, 0) is 4.79 Å². The summed E-state index contributed by atoms with van der Waals surface area (Å²) < 4.78 is 5.71. The fourth-order valence-electron chi connectivity index (χ4n) is 2.24. The number of hydrogen-bond acceptors (Lipinski definition) is 4. The summed E-state index contributed by atoms with van der Waals surface area (Å²) in [4.78, 5) is 18.3. The van der Waals surface area contributed by atoms with Crippen LogP contribution in [-0.4, -0.2) is 17.4 Å². The molecule has 2 N–H and O–H groups in total. The molecule has 0 radical (unpaired) electrons. The fraction of sp³-hybridized carbons (Fsp3) is 0.125. The van der Waals surface area contributed by atoms with Crippen LogP contribution < -0.4 is 15.4 Å². The average molecular weight is 281 g/mol. The monoisotopic (exact) mass is 281 g/mol. The summed E-state index contributed by atoms with van der Waals surface area (Å²) >= 11 is 0. The molecule has 3 rings (SSSR count). The van der Waals surface area contributed by atoms with Gasteiger partial charge in [-0.2, -0.15) is 0 Å². The highest BCUT2D eigenvalue weighted by atomic mass is 16.5. The van der Waals surface area contributed by atoms with Crippen molar-refractivity contribution in [2.24, 2.45) is 0 Å². The van der Waals surface area contributed by atoms with Crippen molar-refractivity contribution in [2.75, 3.05) is 17.2 Å². The van der Waals surface area contributed by atoms with Crippen molar-refractivity contribution in [1.29, 1.82) is 0 Å². The molecule has 21 heavy (non-hydrogen) atoms. The van der Waals surface area contributed by atoms with E-state index in [4.69, 9.17) is 10.5 Å². The van der Waals surface area contributed by atoms with Crippen LogP contribution in [0.25, 0.3) is 6.08 Å². The molecule has 0 aliphatic carbocycles. The number of likely N-dealkylation sites (N-methyl/N-ethyl adjacent to an activating group) is 1. The largest absolute Gasteiger partial charge is 0.449 e. The first kappa shape index (κ1) is 13.2. The summed E-state index contributed by atoms with van der Waals surface area (Å²) in [5.74, 6) is 0.682. The first-order valence-corrected chi connectivity index (χ1v) is 6.71. The second-order valence-electron chi connectivity index (χ2n) is 4.64. The van der Waals surface area contributed by atoms with Gasteiger partial charge in [-0.15, -0.1) is 0 Å². The van der Waals surface area contributed by atoms with Crippen LogP contribution in [0.2, 0.25) is 0 Å². The second-order valence-corrected chi connectivity index (χ2v) is 4.64. The Kier molecular flexibility index (Phi) is 3.31. The molecule has 1 aromatic carbocycles. The molecular weight excluding hydrogens is 266 g/mol. The van der Waals surface area contributed by atoms with Crippen molar-refractivity contribution in [3.8, 4) is 5.75 Å². The van der Waals surface area contributed by atoms with Gasteiger partial charge in [-0.3, -0.25) is 9.78 Å². The molecule has 0 atom stereocenters. The summed E-state index contributed by atoms with van der Waals surface area (Å²) in [6.07, 6.45) is 3.32. The van der Waals surface area contributed by atoms with Gasteiger partial charge in [-0.25, -0.2) is 0 Å². The summed E-state index contributed by atoms with van der Waals surface area (Å²) in [6, 6.07) is 10.8. The number of carbonyl (C=O) groups excluding carboxylic acids is 1. The minimum absolute atomic E-state index is 0.193. The third kappa shape index (κ3) is 2.45. The Hall–Kier alpha value is -2.82. The average Bonchev–Trinajstić information content (AvgIpc) is 2.50. The highest BCUT2D eigenvalue weighted by Gasteiger charge is 2.29. The van der Waals surface area contributed by atoms with E-state index in [1.54, 1.807) is 35.4 Å². The molecule has 0 unspecified atom stereocenters. The van der Waals surface area contributed by atoms with Crippen LogP contribution in [0.5, 0.6) is 5.75 Å². The molecule has 0 bridgehead atoms. The van der Waals surface area contributed by atoms with Crippen molar-refractivity contribution in [3.63, 3.8) is 0 Å². The zero-order chi connectivity index (χ0) is 14.8. The predicted molar refractivity (Wildman–Crippen MR) is 81.7 cm³/mol. The van der Waals surface area contributed by atoms with Crippen molar-refractivity contribution < 1.29 is 9.53 Å². The Labute approximate surface area is 122 Å². The number of anilines is 2. The molecule has 0 saturated heterocycles. The molecular formula is C16H15N3O2. The Morgan fingerprint density at radius 2 is 2.19 bits per heavy atom. The summed E-state index contributed by atoms with van der Waals surface area (Å²) in [5, 5.41) is 0. The van der Waals surface area contributed by atoms with Gasteiger partial charge in [0.15, 0.2) is 11.5 Å². The molecule has 0 spiro atoms. The van der Waals surface area contributed by atoms with E-state index < -0.39 is 0 Å². The molecule has 5 nitrogen and oxygen atoms in total. The lowest BCUT2D eigenvalue weighted by Gasteiger charge is -2.29. The molecule has 106 valence electrons. The first-order chi connectivity index (χ1) is 10.2. The number of benzene rings is 1. The van der Waals surface area contributed by atoms with Crippen LogP contribution >= 0.6 is 0 Å². The SMILES string of the molecule is CCN1C(=O)/C(=C\c2ccccn2)Oc2ccc(N)cc21. The number of amides is 1. The maximum Gasteiger partial charge on any atom is 0.294 e. The van der Waals surface area contributed by atoms with Gasteiger partial charge < -0.3 is 15.4 Å². The van der Waals surface area contributed by atoms with Gasteiger partial charge in [0.25, 0.3) is 5.91 Å². The lowest BCUT2D eigenvalue weighted by molar-refractivity contribution is -0.117. The van der Waals surface area contributed by atoms with Crippen molar-refractivity contribution in [1.82, 2.24) is 4.98 Å². The van der Waals surface area contributed by atoms with Crippen LogP contribution in [0.4, 0.5) is 11.4 Å². The number of nitrogens with two attached hydrogens (primary N) is 1. The van der Waals surface area contributed by atoms with Gasteiger partial charge in [-0.1, -0.05) is 6.07 Å². The molecule has 1 amide bonds. The summed E-state index contributed by atoms with van der Waals surface area (Å²) in [7, 11) is 0. The molecule has 0 saturated carbocycles. The zero-order valence-electron chi connectivity index (χ0n) is 11.6. The Morgan fingerprint density at radius 3 is 2.90 bits per heavy atom. The number of fused-ring (bicyclic) bond motifs is 1. The van der Waals surface area contributed by atoms with Gasteiger partial charge in [-0.05, 0) is 37.3 Å². The molecule has 1 aliphatic heterocycles. The Bertz CT molecular complexity index is 711. The summed E-state index contributed by atoms with van der Waals surface area (Å²) in [6.45, 7) is 2.45. The first-order valence-electron chi connectivity index (χ1n) is 6.71. The maximum absolute atomic E-state index is 12.5. The minimum Gasteiger partial charge on any atom is -0.449 e. The highest BCUT2D eigenvalue weighted by Crippen LogP contribution is 2.36. The van der Waals surface area contributed by atoms with E-state index in [9.17, 15) is 4.79 Å². The number of carbonyl (C=O) groups is 1. The Morgan fingerprint density at radius 1 is 1.33 bits per heavy atom. The molecule has 1 aromatic heterocycles. The number of rotatable bonds is 2. The van der Waals surface area contributed by atoms with E-state index in [1.165, 1.54) is 0 Å². The third-order valence-electron chi connectivity index (χ3n) is 3.23. The maximum atomic E-state index is 12.5. The van der Waals surface area contributed by atoms with Gasteiger partial charge in [0.2, 0.25) is 0 Å². The molecule has 1 aliphatic rings. The van der Waals surface area contributed by atoms with Crippen LogP contribution in [0.15, 0.2) is 48.4 Å². The summed E-state index contributed by atoms with van der Waals surface area (Å²) in [5.41, 5.74) is 7.75. The van der Waals surface area contributed by atoms with E-state index in [1.807, 2.05) is 25.1 Å². The molecule has 0 fully saturated rings. The smallest absolute Gasteiger partial charge is 0.294 e. The predicted octanol–water partition coefficient (Wildman–Crippen LogP) is 2.45. The standard InChI is InChI=1S/C16H15N3O2/c1-2-19-13-9-11(17)6-7-14(13)21-15(16(19)20)10-12-5-3-4-8-18-12/h3-10H,2,17H2,1H3/b15-10+. The van der Waals surface area contributed by atoms with Gasteiger partial charge in [0, 0.05) is 24.5 Å². The van der Waals surface area contributed by atoms with Crippen LogP contribution in [0.3, 0.4) is 0 Å². The lowest BCUT2D eigenvalue weighted by Crippen LogP contribution is -2.37.